The van der Waals surface area contributed by atoms with Gasteiger partial charge in [-0.2, -0.15) is 5.10 Å². The minimum atomic E-state index is 0.467. The van der Waals surface area contributed by atoms with Crippen molar-refractivity contribution < 1.29 is 4.42 Å². The van der Waals surface area contributed by atoms with Crippen LogP contribution in [0.3, 0.4) is 0 Å². The molecule has 0 aliphatic rings. The topological polar surface area (TPSA) is 43.0 Å². The first kappa shape index (κ1) is 12.9. The Kier molecular flexibility index (Phi) is 4.20. The zero-order valence-electron chi connectivity index (χ0n) is 11.3. The average molecular weight is 247 g/mol. The van der Waals surface area contributed by atoms with Gasteiger partial charge in [-0.1, -0.05) is 0 Å². The molecule has 98 valence electrons. The second-order valence-electron chi connectivity index (χ2n) is 4.78. The highest BCUT2D eigenvalue weighted by Crippen LogP contribution is 2.08. The maximum absolute atomic E-state index is 5.33. The van der Waals surface area contributed by atoms with Gasteiger partial charge in [0, 0.05) is 37.3 Å². The van der Waals surface area contributed by atoms with Gasteiger partial charge in [0.05, 0.1) is 12.5 Å². The Morgan fingerprint density at radius 1 is 1.50 bits per heavy atom. The zero-order chi connectivity index (χ0) is 13.0. The van der Waals surface area contributed by atoms with Gasteiger partial charge in [0.1, 0.15) is 5.76 Å². The fraction of sp³-hybridized carbons (Fsp3) is 0.500. The minimum Gasteiger partial charge on any atom is -0.469 e. The highest BCUT2D eigenvalue weighted by Gasteiger charge is 2.07. The van der Waals surface area contributed by atoms with E-state index in [2.05, 4.69) is 24.3 Å². The van der Waals surface area contributed by atoms with Crippen LogP contribution in [-0.4, -0.2) is 15.8 Å². The van der Waals surface area contributed by atoms with E-state index in [1.54, 1.807) is 6.26 Å². The van der Waals surface area contributed by atoms with Crippen LogP contribution in [0.1, 0.15) is 30.4 Å². The second kappa shape index (κ2) is 5.87. The maximum atomic E-state index is 5.33. The summed E-state index contributed by atoms with van der Waals surface area (Å²) in [5, 5.41) is 7.76. The number of hydrogen-bond donors (Lipinski definition) is 1. The largest absolute Gasteiger partial charge is 0.469 e. The van der Waals surface area contributed by atoms with Gasteiger partial charge in [0.15, 0.2) is 0 Å². The average Bonchev–Trinajstić information content (AvgIpc) is 2.97. The summed E-state index contributed by atoms with van der Waals surface area (Å²) in [7, 11) is 1.97. The summed E-state index contributed by atoms with van der Waals surface area (Å²) in [6.45, 7) is 5.17. The third kappa shape index (κ3) is 3.23. The van der Waals surface area contributed by atoms with E-state index in [0.717, 1.165) is 25.1 Å². The van der Waals surface area contributed by atoms with E-state index in [0.29, 0.717) is 6.04 Å². The van der Waals surface area contributed by atoms with Gasteiger partial charge >= 0.3 is 0 Å². The van der Waals surface area contributed by atoms with Crippen LogP contribution in [0.5, 0.6) is 0 Å². The molecular weight excluding hydrogens is 226 g/mol. The Morgan fingerprint density at radius 3 is 2.94 bits per heavy atom. The third-order valence-electron chi connectivity index (χ3n) is 3.38. The zero-order valence-corrected chi connectivity index (χ0v) is 11.3. The normalized spacial score (nSPS) is 12.8. The van der Waals surface area contributed by atoms with Gasteiger partial charge in [-0.15, -0.1) is 0 Å². The van der Waals surface area contributed by atoms with Gasteiger partial charge in [0.2, 0.25) is 0 Å². The van der Waals surface area contributed by atoms with Crippen LogP contribution in [0.2, 0.25) is 0 Å². The fourth-order valence-electron chi connectivity index (χ4n) is 1.92. The van der Waals surface area contributed by atoms with Crippen LogP contribution in [0.25, 0.3) is 0 Å². The first-order valence-corrected chi connectivity index (χ1v) is 6.40. The first-order valence-electron chi connectivity index (χ1n) is 6.40. The standard InChI is InChI=1S/C14H21N3O/c1-11(6-7-14-5-4-8-18-14)15-9-13-10-16-17(3)12(13)2/h4-5,8,10-11,15H,6-7,9H2,1-3H3. The molecule has 0 spiro atoms. The lowest BCUT2D eigenvalue weighted by Gasteiger charge is -2.12. The number of furan rings is 1. The Balaban J connectivity index is 1.74. The lowest BCUT2D eigenvalue weighted by Crippen LogP contribution is -2.26. The molecule has 1 N–H and O–H groups in total. The van der Waals surface area contributed by atoms with Crippen molar-refractivity contribution in [3.05, 3.63) is 41.6 Å². The smallest absolute Gasteiger partial charge is 0.103 e. The van der Waals surface area contributed by atoms with E-state index < -0.39 is 0 Å². The summed E-state index contributed by atoms with van der Waals surface area (Å²) in [5.74, 6) is 1.06. The summed E-state index contributed by atoms with van der Waals surface area (Å²) in [6, 6.07) is 4.43. The molecule has 0 aromatic carbocycles. The van der Waals surface area contributed by atoms with E-state index in [9.17, 15) is 0 Å². The van der Waals surface area contributed by atoms with Crippen molar-refractivity contribution in [2.75, 3.05) is 0 Å². The SMILES string of the molecule is Cc1c(CNC(C)CCc2ccco2)cnn1C. The number of hydrogen-bond acceptors (Lipinski definition) is 3. The number of aryl methyl sites for hydroxylation is 2. The minimum absolute atomic E-state index is 0.467. The molecule has 0 saturated heterocycles. The van der Waals surface area contributed by atoms with E-state index >= 15 is 0 Å². The molecular formula is C14H21N3O. The molecule has 1 atom stereocenters. The monoisotopic (exact) mass is 247 g/mol. The number of nitrogens with zero attached hydrogens (tertiary/aromatic N) is 2. The van der Waals surface area contributed by atoms with E-state index in [1.807, 2.05) is 30.1 Å². The molecule has 4 heteroatoms. The summed E-state index contributed by atoms with van der Waals surface area (Å²) < 4.78 is 7.24. The van der Waals surface area contributed by atoms with Crippen molar-refractivity contribution >= 4 is 0 Å². The molecule has 0 radical (unpaired) electrons. The molecule has 4 nitrogen and oxygen atoms in total. The summed E-state index contributed by atoms with van der Waals surface area (Å²) in [5.41, 5.74) is 2.49. The Bertz CT molecular complexity index is 473. The molecule has 0 saturated carbocycles. The lowest BCUT2D eigenvalue weighted by molar-refractivity contribution is 0.459. The summed E-state index contributed by atoms with van der Waals surface area (Å²) in [6.07, 6.45) is 5.72. The predicted molar refractivity (Wildman–Crippen MR) is 71.3 cm³/mol. The number of aromatic nitrogens is 2. The molecule has 0 aliphatic heterocycles. The van der Waals surface area contributed by atoms with Gasteiger partial charge < -0.3 is 9.73 Å². The molecule has 2 rings (SSSR count). The maximum Gasteiger partial charge on any atom is 0.103 e. The molecule has 2 heterocycles. The Labute approximate surface area is 108 Å². The molecule has 2 aromatic heterocycles. The van der Waals surface area contributed by atoms with Crippen molar-refractivity contribution in [1.82, 2.24) is 15.1 Å². The molecule has 0 bridgehead atoms. The molecule has 0 fully saturated rings. The van der Waals surface area contributed by atoms with Crippen LogP contribution in [0, 0.1) is 6.92 Å². The molecule has 0 aliphatic carbocycles. The molecule has 18 heavy (non-hydrogen) atoms. The highest BCUT2D eigenvalue weighted by molar-refractivity contribution is 5.15. The highest BCUT2D eigenvalue weighted by atomic mass is 16.3. The van der Waals surface area contributed by atoms with Crippen molar-refractivity contribution in [2.45, 2.75) is 39.3 Å². The molecule has 1 unspecified atom stereocenters. The Hall–Kier alpha value is -1.55. The quantitative estimate of drug-likeness (QED) is 0.852. The number of rotatable bonds is 6. The van der Waals surface area contributed by atoms with E-state index in [-0.39, 0.29) is 0 Å². The first-order chi connectivity index (χ1) is 8.66. The number of nitrogens with one attached hydrogen (secondary N) is 1. The second-order valence-corrected chi connectivity index (χ2v) is 4.78. The van der Waals surface area contributed by atoms with Crippen LogP contribution >= 0.6 is 0 Å². The van der Waals surface area contributed by atoms with Crippen molar-refractivity contribution in [1.29, 1.82) is 0 Å². The van der Waals surface area contributed by atoms with Gasteiger partial charge in [-0.25, -0.2) is 0 Å². The van der Waals surface area contributed by atoms with Gasteiger partial charge in [-0.05, 0) is 32.4 Å². The van der Waals surface area contributed by atoms with Crippen molar-refractivity contribution in [3.63, 3.8) is 0 Å². The van der Waals surface area contributed by atoms with Crippen LogP contribution in [0.15, 0.2) is 29.0 Å². The van der Waals surface area contributed by atoms with Crippen LogP contribution in [-0.2, 0) is 20.0 Å². The van der Waals surface area contributed by atoms with Gasteiger partial charge in [-0.3, -0.25) is 4.68 Å². The van der Waals surface area contributed by atoms with Crippen molar-refractivity contribution in [3.8, 4) is 0 Å². The van der Waals surface area contributed by atoms with E-state index in [4.69, 9.17) is 4.42 Å². The van der Waals surface area contributed by atoms with Crippen LogP contribution in [0.4, 0.5) is 0 Å². The molecule has 0 amide bonds. The van der Waals surface area contributed by atoms with E-state index in [1.165, 1.54) is 11.3 Å². The lowest BCUT2D eigenvalue weighted by atomic mass is 10.1. The fourth-order valence-corrected chi connectivity index (χ4v) is 1.92. The predicted octanol–water partition coefficient (Wildman–Crippen LogP) is 2.43. The van der Waals surface area contributed by atoms with Gasteiger partial charge in [0.25, 0.3) is 0 Å². The van der Waals surface area contributed by atoms with Crippen LogP contribution < -0.4 is 5.32 Å². The summed E-state index contributed by atoms with van der Waals surface area (Å²) in [4.78, 5) is 0. The summed E-state index contributed by atoms with van der Waals surface area (Å²) >= 11 is 0. The van der Waals surface area contributed by atoms with Crippen molar-refractivity contribution in [2.24, 2.45) is 7.05 Å². The Morgan fingerprint density at radius 2 is 2.33 bits per heavy atom. The molecule has 2 aromatic rings. The third-order valence-corrected chi connectivity index (χ3v) is 3.38.